The molecule has 6 nitrogen and oxygen atoms in total. The lowest BCUT2D eigenvalue weighted by atomic mass is 10.1. The Morgan fingerprint density at radius 3 is 2.38 bits per heavy atom. The highest BCUT2D eigenvalue weighted by Crippen LogP contribution is 2.30. The van der Waals surface area contributed by atoms with Crippen LogP contribution >= 0.6 is 0 Å². The second kappa shape index (κ2) is 6.22. The van der Waals surface area contributed by atoms with Crippen molar-refractivity contribution in [3.05, 3.63) is 11.8 Å². The van der Waals surface area contributed by atoms with Gasteiger partial charge in [0, 0.05) is 20.2 Å². The molecule has 0 saturated carbocycles. The first-order valence-corrected chi connectivity index (χ1v) is 7.76. The van der Waals surface area contributed by atoms with Crippen LogP contribution in [0.5, 0.6) is 0 Å². The van der Waals surface area contributed by atoms with E-state index in [2.05, 4.69) is 5.10 Å². The minimum Gasteiger partial charge on any atom is -0.380 e. The summed E-state index contributed by atoms with van der Waals surface area (Å²) in [5.41, 5.74) is -1.03. The Balaban J connectivity index is 2.90. The lowest BCUT2D eigenvalue weighted by Gasteiger charge is -2.19. The summed E-state index contributed by atoms with van der Waals surface area (Å²) in [5, 5.41) is 3.51. The van der Waals surface area contributed by atoms with Gasteiger partial charge < -0.3 is 4.74 Å². The standard InChI is InChI=1S/C11H18F3N3O3S/c1-7(2)8(20-4)6-21(18,19)16-10-5-9(11(12,13)14)17(3)15-10/h5,7-8H,6H2,1-4H3,(H,15,16). The Hall–Kier alpha value is -1.29. The number of hydrogen-bond acceptors (Lipinski definition) is 4. The molecule has 122 valence electrons. The molecule has 1 unspecified atom stereocenters. The highest BCUT2D eigenvalue weighted by molar-refractivity contribution is 7.92. The zero-order valence-electron chi connectivity index (χ0n) is 12.1. The van der Waals surface area contributed by atoms with Gasteiger partial charge in [0.15, 0.2) is 5.82 Å². The van der Waals surface area contributed by atoms with E-state index < -0.39 is 28.0 Å². The number of sulfonamides is 1. The Morgan fingerprint density at radius 2 is 2.00 bits per heavy atom. The van der Waals surface area contributed by atoms with Crippen molar-refractivity contribution in [1.29, 1.82) is 0 Å². The number of aromatic nitrogens is 2. The third kappa shape index (κ3) is 4.88. The van der Waals surface area contributed by atoms with E-state index >= 15 is 0 Å². The number of hydrogen-bond donors (Lipinski definition) is 1. The van der Waals surface area contributed by atoms with Crippen LogP contribution in [0, 0.1) is 5.92 Å². The van der Waals surface area contributed by atoms with Gasteiger partial charge in [-0.25, -0.2) is 8.42 Å². The monoisotopic (exact) mass is 329 g/mol. The highest BCUT2D eigenvalue weighted by Gasteiger charge is 2.35. The molecule has 0 bridgehead atoms. The van der Waals surface area contributed by atoms with Crippen LogP contribution in [-0.2, 0) is 28.0 Å². The zero-order valence-corrected chi connectivity index (χ0v) is 12.9. The molecule has 0 spiro atoms. The van der Waals surface area contributed by atoms with Crippen LogP contribution < -0.4 is 4.72 Å². The van der Waals surface area contributed by atoms with Crippen LogP contribution in [0.15, 0.2) is 6.07 Å². The summed E-state index contributed by atoms with van der Waals surface area (Å²) in [6, 6.07) is 0.648. The van der Waals surface area contributed by atoms with Crippen LogP contribution in [0.25, 0.3) is 0 Å². The number of nitrogens with one attached hydrogen (secondary N) is 1. The molecule has 1 aromatic heterocycles. The smallest absolute Gasteiger partial charge is 0.380 e. The molecule has 0 amide bonds. The number of anilines is 1. The molecule has 1 N–H and O–H groups in total. The van der Waals surface area contributed by atoms with Crippen molar-refractivity contribution in [1.82, 2.24) is 9.78 Å². The van der Waals surface area contributed by atoms with Gasteiger partial charge in [-0.2, -0.15) is 18.3 Å². The normalized spacial score (nSPS) is 14.5. The maximum atomic E-state index is 12.6. The van der Waals surface area contributed by atoms with Gasteiger partial charge in [-0.3, -0.25) is 9.40 Å². The van der Waals surface area contributed by atoms with Gasteiger partial charge in [0.25, 0.3) is 0 Å². The van der Waals surface area contributed by atoms with Crippen molar-refractivity contribution in [2.45, 2.75) is 26.1 Å². The number of rotatable bonds is 6. The van der Waals surface area contributed by atoms with Crippen molar-refractivity contribution in [2.24, 2.45) is 13.0 Å². The molecule has 0 fully saturated rings. The fraction of sp³-hybridized carbons (Fsp3) is 0.727. The Kier molecular flexibility index (Phi) is 5.26. The van der Waals surface area contributed by atoms with Crippen molar-refractivity contribution in [2.75, 3.05) is 17.6 Å². The van der Waals surface area contributed by atoms with E-state index in [1.165, 1.54) is 7.11 Å². The first-order chi connectivity index (χ1) is 9.46. The van der Waals surface area contributed by atoms with E-state index in [9.17, 15) is 21.6 Å². The molecule has 0 aliphatic rings. The van der Waals surface area contributed by atoms with Gasteiger partial charge in [0.1, 0.15) is 5.69 Å². The largest absolute Gasteiger partial charge is 0.433 e. The quantitative estimate of drug-likeness (QED) is 0.864. The van der Waals surface area contributed by atoms with E-state index in [4.69, 9.17) is 4.74 Å². The van der Waals surface area contributed by atoms with E-state index in [0.717, 1.165) is 7.05 Å². The Morgan fingerprint density at radius 1 is 1.43 bits per heavy atom. The molecule has 0 aliphatic carbocycles. The number of methoxy groups -OCH3 is 1. The van der Waals surface area contributed by atoms with Gasteiger partial charge in [0.2, 0.25) is 10.0 Å². The van der Waals surface area contributed by atoms with Crippen LogP contribution in [0.2, 0.25) is 0 Å². The van der Waals surface area contributed by atoms with Gasteiger partial charge in [-0.15, -0.1) is 0 Å². The van der Waals surface area contributed by atoms with Crippen molar-refractivity contribution in [3.63, 3.8) is 0 Å². The molecule has 0 saturated heterocycles. The van der Waals surface area contributed by atoms with Crippen molar-refractivity contribution in [3.8, 4) is 0 Å². The van der Waals surface area contributed by atoms with Gasteiger partial charge in [-0.1, -0.05) is 13.8 Å². The third-order valence-corrected chi connectivity index (χ3v) is 4.15. The predicted molar refractivity (Wildman–Crippen MR) is 71.3 cm³/mol. The Bertz CT molecular complexity index is 581. The molecule has 1 atom stereocenters. The number of alkyl halides is 3. The molecule has 0 aliphatic heterocycles. The number of ether oxygens (including phenoxy) is 1. The minimum absolute atomic E-state index is 0.0546. The topological polar surface area (TPSA) is 73.2 Å². The van der Waals surface area contributed by atoms with Crippen LogP contribution in [-0.4, -0.2) is 37.2 Å². The fourth-order valence-corrected chi connectivity index (χ4v) is 3.19. The van der Waals surface area contributed by atoms with Crippen molar-refractivity contribution < 1.29 is 26.3 Å². The van der Waals surface area contributed by atoms with Crippen LogP contribution in [0.3, 0.4) is 0 Å². The average Bonchev–Trinajstić information content (AvgIpc) is 2.65. The zero-order chi connectivity index (χ0) is 16.4. The minimum atomic E-state index is -4.60. The lowest BCUT2D eigenvalue weighted by Crippen LogP contribution is -2.31. The van der Waals surface area contributed by atoms with Crippen LogP contribution in [0.4, 0.5) is 19.0 Å². The summed E-state index contributed by atoms with van der Waals surface area (Å²) in [6.07, 6.45) is -5.16. The molecule has 0 aromatic carbocycles. The van der Waals surface area contributed by atoms with Gasteiger partial charge in [-0.05, 0) is 5.92 Å². The summed E-state index contributed by atoms with van der Waals surface area (Å²) in [4.78, 5) is 0. The summed E-state index contributed by atoms with van der Waals surface area (Å²) < 4.78 is 69.3. The second-order valence-electron chi connectivity index (χ2n) is 4.94. The maximum Gasteiger partial charge on any atom is 0.433 e. The van der Waals surface area contributed by atoms with Crippen molar-refractivity contribution >= 4 is 15.8 Å². The highest BCUT2D eigenvalue weighted by atomic mass is 32.2. The fourth-order valence-electron chi connectivity index (χ4n) is 1.73. The first kappa shape index (κ1) is 17.8. The number of aryl methyl sites for hydroxylation is 1. The summed E-state index contributed by atoms with van der Waals surface area (Å²) in [6.45, 7) is 3.57. The first-order valence-electron chi connectivity index (χ1n) is 6.11. The molecule has 21 heavy (non-hydrogen) atoms. The summed E-state index contributed by atoms with van der Waals surface area (Å²) >= 11 is 0. The van der Waals surface area contributed by atoms with Gasteiger partial charge >= 0.3 is 6.18 Å². The molecule has 10 heteroatoms. The summed E-state index contributed by atoms with van der Waals surface area (Å²) in [7, 11) is -1.39. The van der Waals surface area contributed by atoms with E-state index in [1.54, 1.807) is 13.8 Å². The SMILES string of the molecule is COC(CS(=O)(=O)Nc1cc(C(F)(F)F)n(C)n1)C(C)C. The maximum absolute atomic E-state index is 12.6. The molecule has 1 aromatic rings. The molecular formula is C11H18F3N3O3S. The molecule has 0 radical (unpaired) electrons. The summed E-state index contributed by atoms with van der Waals surface area (Å²) in [5.74, 6) is -0.788. The molecule has 1 heterocycles. The predicted octanol–water partition coefficient (Wildman–Crippen LogP) is 1.85. The molecular weight excluding hydrogens is 311 g/mol. The molecule has 1 rings (SSSR count). The third-order valence-electron chi connectivity index (χ3n) is 2.86. The number of nitrogens with zero attached hydrogens (tertiary/aromatic N) is 2. The van der Waals surface area contributed by atoms with Gasteiger partial charge in [0.05, 0.1) is 11.9 Å². The van der Waals surface area contributed by atoms with Crippen LogP contribution in [0.1, 0.15) is 19.5 Å². The number of halogens is 3. The van der Waals surface area contributed by atoms with E-state index in [1.807, 2.05) is 4.72 Å². The Labute approximate surface area is 121 Å². The second-order valence-corrected chi connectivity index (χ2v) is 6.70. The van der Waals surface area contributed by atoms with E-state index in [0.29, 0.717) is 10.7 Å². The van der Waals surface area contributed by atoms with E-state index in [-0.39, 0.29) is 17.5 Å². The lowest BCUT2D eigenvalue weighted by molar-refractivity contribution is -0.143. The average molecular weight is 329 g/mol.